The van der Waals surface area contributed by atoms with Gasteiger partial charge in [-0.1, -0.05) is 12.8 Å². The van der Waals surface area contributed by atoms with Crippen LogP contribution < -0.4 is 5.73 Å². The fourth-order valence-corrected chi connectivity index (χ4v) is 3.37. The van der Waals surface area contributed by atoms with Gasteiger partial charge in [0.25, 0.3) is 0 Å². The maximum Gasteiger partial charge on any atom is 0.241 e. The molecule has 102 valence electrons. The lowest BCUT2D eigenvalue weighted by Gasteiger charge is -2.30. The van der Waals surface area contributed by atoms with E-state index in [1.54, 1.807) is 4.90 Å². The Balaban J connectivity index is 2.09. The van der Waals surface area contributed by atoms with E-state index in [-0.39, 0.29) is 23.9 Å². The molecule has 0 aromatic carbocycles. The summed E-state index contributed by atoms with van der Waals surface area (Å²) in [6.45, 7) is 0. The summed E-state index contributed by atoms with van der Waals surface area (Å²) in [6, 6.07) is 1.39. The van der Waals surface area contributed by atoms with Crippen molar-refractivity contribution in [3.63, 3.8) is 0 Å². The van der Waals surface area contributed by atoms with Crippen molar-refractivity contribution in [1.82, 2.24) is 4.90 Å². The zero-order valence-corrected chi connectivity index (χ0v) is 11.2. The molecule has 1 saturated heterocycles. The Labute approximate surface area is 114 Å². The van der Waals surface area contributed by atoms with Gasteiger partial charge in [0.05, 0.1) is 12.1 Å². The van der Waals surface area contributed by atoms with Crippen LogP contribution >= 0.6 is 0 Å². The number of carbonyl (C=O) groups is 1. The van der Waals surface area contributed by atoms with Crippen LogP contribution in [0.25, 0.3) is 0 Å². The van der Waals surface area contributed by atoms with E-state index >= 15 is 0 Å². The molecule has 2 fully saturated rings. The highest BCUT2D eigenvalue weighted by atomic mass is 16.2. The molecule has 1 saturated carbocycles. The molecule has 0 unspecified atom stereocenters. The first-order chi connectivity index (χ1) is 9.19. The molecule has 1 amide bonds. The number of terminal acetylenes is 1. The lowest BCUT2D eigenvalue weighted by atomic mass is 9.97. The van der Waals surface area contributed by atoms with Crippen LogP contribution in [0.3, 0.4) is 0 Å². The van der Waals surface area contributed by atoms with Gasteiger partial charge >= 0.3 is 0 Å². The first kappa shape index (κ1) is 13.9. The van der Waals surface area contributed by atoms with Crippen LogP contribution in [0, 0.1) is 29.6 Å². The van der Waals surface area contributed by atoms with E-state index in [9.17, 15) is 10.1 Å². The fraction of sp³-hybridized carbons (Fsp3) is 0.733. The Morgan fingerprint density at radius 2 is 2.05 bits per heavy atom. The van der Waals surface area contributed by atoms with E-state index < -0.39 is 6.04 Å². The predicted molar refractivity (Wildman–Crippen MR) is 72.7 cm³/mol. The minimum Gasteiger partial charge on any atom is -0.321 e. The molecule has 3 atom stereocenters. The number of nitriles is 1. The zero-order valence-electron chi connectivity index (χ0n) is 11.2. The normalized spacial score (nSPS) is 28.9. The Bertz CT molecular complexity index is 414. The summed E-state index contributed by atoms with van der Waals surface area (Å²) in [5.74, 6) is 2.81. The topological polar surface area (TPSA) is 70.1 Å². The number of amides is 1. The van der Waals surface area contributed by atoms with Gasteiger partial charge < -0.3 is 10.6 Å². The molecule has 0 radical (unpaired) electrons. The molecule has 0 spiro atoms. The lowest BCUT2D eigenvalue weighted by Crippen LogP contribution is -2.51. The number of likely N-dealkylation sites (tertiary alicyclic amines) is 1. The number of nitrogens with two attached hydrogens (primary N) is 1. The second-order valence-corrected chi connectivity index (χ2v) is 5.60. The van der Waals surface area contributed by atoms with Gasteiger partial charge in [-0.15, -0.1) is 12.3 Å². The standard InChI is InChI=1S/C15H21N3O/c1-2-5-12-8-9-13(10-16)18(12)15(19)14(17)11-6-3-4-7-11/h1,11-14H,3-9,17H2/t12-,13+,14+/m1/s1. The van der Waals surface area contributed by atoms with Gasteiger partial charge in [0.2, 0.25) is 5.91 Å². The van der Waals surface area contributed by atoms with Gasteiger partial charge in [-0.05, 0) is 31.6 Å². The third-order valence-corrected chi connectivity index (χ3v) is 4.45. The summed E-state index contributed by atoms with van der Waals surface area (Å²) in [7, 11) is 0. The van der Waals surface area contributed by atoms with Crippen molar-refractivity contribution in [2.75, 3.05) is 0 Å². The van der Waals surface area contributed by atoms with E-state index in [1.165, 1.54) is 0 Å². The third kappa shape index (κ3) is 2.74. The third-order valence-electron chi connectivity index (χ3n) is 4.45. The Morgan fingerprint density at radius 3 is 2.63 bits per heavy atom. The van der Waals surface area contributed by atoms with Crippen molar-refractivity contribution in [3.05, 3.63) is 0 Å². The molecule has 4 nitrogen and oxygen atoms in total. The van der Waals surface area contributed by atoms with Gasteiger partial charge in [0.15, 0.2) is 0 Å². The lowest BCUT2D eigenvalue weighted by molar-refractivity contribution is -0.135. The molecule has 1 aliphatic heterocycles. The Hall–Kier alpha value is -1.52. The molecule has 2 N–H and O–H groups in total. The molecule has 4 heteroatoms. The van der Waals surface area contributed by atoms with Gasteiger partial charge in [-0.25, -0.2) is 0 Å². The van der Waals surface area contributed by atoms with E-state index in [4.69, 9.17) is 12.2 Å². The highest BCUT2D eigenvalue weighted by Crippen LogP contribution is 2.31. The van der Waals surface area contributed by atoms with Crippen molar-refractivity contribution < 1.29 is 4.79 Å². The molecule has 2 aliphatic rings. The monoisotopic (exact) mass is 259 g/mol. The minimum atomic E-state index is -0.461. The predicted octanol–water partition coefficient (Wildman–Crippen LogP) is 1.41. The van der Waals surface area contributed by atoms with Crippen LogP contribution in [0.1, 0.15) is 44.9 Å². The van der Waals surface area contributed by atoms with E-state index in [1.807, 2.05) is 0 Å². The van der Waals surface area contributed by atoms with Crippen LogP contribution in [0.5, 0.6) is 0 Å². The summed E-state index contributed by atoms with van der Waals surface area (Å²) in [5, 5.41) is 9.18. The summed E-state index contributed by atoms with van der Waals surface area (Å²) >= 11 is 0. The quantitative estimate of drug-likeness (QED) is 0.779. The van der Waals surface area contributed by atoms with Crippen LogP contribution in [0.2, 0.25) is 0 Å². The van der Waals surface area contributed by atoms with Crippen LogP contribution in [-0.4, -0.2) is 28.9 Å². The maximum absolute atomic E-state index is 12.6. The van der Waals surface area contributed by atoms with Gasteiger partial charge in [-0.3, -0.25) is 4.79 Å². The fourth-order valence-electron chi connectivity index (χ4n) is 3.37. The highest BCUT2D eigenvalue weighted by Gasteiger charge is 2.40. The van der Waals surface area contributed by atoms with Crippen molar-refractivity contribution in [3.8, 4) is 18.4 Å². The van der Waals surface area contributed by atoms with Crippen LogP contribution in [0.4, 0.5) is 0 Å². The minimum absolute atomic E-state index is 0.00500. The Morgan fingerprint density at radius 1 is 1.37 bits per heavy atom. The SMILES string of the molecule is C#CC[C@@H]1CC[C@@H](C#N)N1C(=O)[C@@H](N)C1CCCC1. The summed E-state index contributed by atoms with van der Waals surface area (Å²) in [4.78, 5) is 14.2. The summed E-state index contributed by atoms with van der Waals surface area (Å²) < 4.78 is 0. The number of nitrogens with zero attached hydrogens (tertiary/aromatic N) is 2. The first-order valence-electron chi connectivity index (χ1n) is 7.10. The first-order valence-corrected chi connectivity index (χ1v) is 7.10. The molecule has 0 aromatic rings. The van der Waals surface area contributed by atoms with Crippen molar-refractivity contribution >= 4 is 5.91 Å². The van der Waals surface area contributed by atoms with Crippen LogP contribution in [0.15, 0.2) is 0 Å². The molecule has 0 aromatic heterocycles. The molecule has 2 rings (SSSR count). The smallest absolute Gasteiger partial charge is 0.241 e. The van der Waals surface area contributed by atoms with E-state index in [0.717, 1.165) is 32.1 Å². The largest absolute Gasteiger partial charge is 0.321 e. The maximum atomic E-state index is 12.6. The highest BCUT2D eigenvalue weighted by molar-refractivity contribution is 5.83. The van der Waals surface area contributed by atoms with Crippen molar-refractivity contribution in [1.29, 1.82) is 5.26 Å². The number of hydrogen-bond donors (Lipinski definition) is 1. The van der Waals surface area contributed by atoms with E-state index in [0.29, 0.717) is 12.8 Å². The van der Waals surface area contributed by atoms with Crippen molar-refractivity contribution in [2.24, 2.45) is 11.7 Å². The van der Waals surface area contributed by atoms with Crippen LogP contribution in [-0.2, 0) is 4.79 Å². The molecular formula is C15H21N3O. The zero-order chi connectivity index (χ0) is 13.8. The van der Waals surface area contributed by atoms with Gasteiger partial charge in [0, 0.05) is 12.5 Å². The van der Waals surface area contributed by atoms with E-state index in [2.05, 4.69) is 12.0 Å². The second kappa shape index (κ2) is 6.08. The molecule has 19 heavy (non-hydrogen) atoms. The molecular weight excluding hydrogens is 238 g/mol. The second-order valence-electron chi connectivity index (χ2n) is 5.60. The van der Waals surface area contributed by atoms with Gasteiger partial charge in [-0.2, -0.15) is 5.26 Å². The number of rotatable bonds is 3. The average Bonchev–Trinajstić information content (AvgIpc) is 3.06. The van der Waals surface area contributed by atoms with Gasteiger partial charge in [0.1, 0.15) is 6.04 Å². The summed E-state index contributed by atoms with van der Waals surface area (Å²) in [6.07, 6.45) is 11.8. The van der Waals surface area contributed by atoms with Crippen molar-refractivity contribution in [2.45, 2.75) is 63.1 Å². The molecule has 0 bridgehead atoms. The summed E-state index contributed by atoms with van der Waals surface area (Å²) in [5.41, 5.74) is 6.13. The number of hydrogen-bond acceptors (Lipinski definition) is 3. The molecule has 1 aliphatic carbocycles. The molecule has 1 heterocycles. The average molecular weight is 259 g/mol. The number of carbonyl (C=O) groups excluding carboxylic acids is 1. The Kier molecular flexibility index (Phi) is 4.45.